The van der Waals surface area contributed by atoms with E-state index in [4.69, 9.17) is 9.40 Å². The zero-order chi connectivity index (χ0) is 32.3. The fraction of sp³-hybridized carbons (Fsp3) is 0. The number of furan rings is 1. The minimum Gasteiger partial charge on any atom is -0.455 e. The molecule has 4 heteroatoms. The van der Waals surface area contributed by atoms with Gasteiger partial charge in [-0.3, -0.25) is 0 Å². The molecule has 0 saturated heterocycles. The van der Waals surface area contributed by atoms with E-state index in [-0.39, 0.29) is 0 Å². The Labute approximate surface area is 286 Å². The van der Waals surface area contributed by atoms with Gasteiger partial charge in [-0.1, -0.05) is 127 Å². The average molecular weight is 645 g/mol. The monoisotopic (exact) mass is 644 g/mol. The van der Waals surface area contributed by atoms with E-state index in [0.29, 0.717) is 0 Å². The summed E-state index contributed by atoms with van der Waals surface area (Å²) in [5, 5.41) is 7.91. The largest absolute Gasteiger partial charge is 0.455 e. The quantitative estimate of drug-likeness (QED) is 0.187. The van der Waals surface area contributed by atoms with Crippen LogP contribution in [0.2, 0.25) is 0 Å². The van der Waals surface area contributed by atoms with Crippen molar-refractivity contribution in [1.82, 2.24) is 4.98 Å². The molecule has 10 aromatic rings. The van der Waals surface area contributed by atoms with Gasteiger partial charge < -0.3 is 9.32 Å². The van der Waals surface area contributed by atoms with Gasteiger partial charge in [0.1, 0.15) is 16.2 Å². The number of hydrogen-bond acceptors (Lipinski definition) is 4. The number of benzene rings is 8. The summed E-state index contributed by atoms with van der Waals surface area (Å²) in [7, 11) is 0. The number of rotatable bonds is 5. The van der Waals surface area contributed by atoms with Crippen LogP contribution in [-0.2, 0) is 0 Å². The smallest absolute Gasteiger partial charge is 0.143 e. The van der Waals surface area contributed by atoms with Gasteiger partial charge in [0.2, 0.25) is 0 Å². The summed E-state index contributed by atoms with van der Waals surface area (Å²) < 4.78 is 7.87. The molecular formula is C45H28N2OS. The predicted molar refractivity (Wildman–Crippen MR) is 207 cm³/mol. The molecular weight excluding hydrogens is 617 g/mol. The summed E-state index contributed by atoms with van der Waals surface area (Å²) in [6.45, 7) is 0. The van der Waals surface area contributed by atoms with Crippen LogP contribution in [0.4, 0.5) is 17.1 Å². The third kappa shape index (κ3) is 4.61. The fourth-order valence-electron chi connectivity index (χ4n) is 7.12. The Bertz CT molecular complexity index is 2820. The Morgan fingerprint density at radius 3 is 1.90 bits per heavy atom. The lowest BCUT2D eigenvalue weighted by Crippen LogP contribution is -2.10. The Balaban J connectivity index is 1.21. The van der Waals surface area contributed by atoms with Crippen LogP contribution in [0.3, 0.4) is 0 Å². The first-order chi connectivity index (χ1) is 24.3. The second-order valence-corrected chi connectivity index (χ2v) is 13.4. The molecule has 0 aliphatic heterocycles. The van der Waals surface area contributed by atoms with Gasteiger partial charge >= 0.3 is 0 Å². The van der Waals surface area contributed by atoms with Crippen molar-refractivity contribution in [3.05, 3.63) is 170 Å². The van der Waals surface area contributed by atoms with Crippen LogP contribution in [0.25, 0.3) is 75.4 Å². The van der Waals surface area contributed by atoms with Gasteiger partial charge in [0.25, 0.3) is 0 Å². The van der Waals surface area contributed by atoms with Crippen LogP contribution in [0.5, 0.6) is 0 Å². The fourth-order valence-corrected chi connectivity index (χ4v) is 8.20. The summed E-state index contributed by atoms with van der Waals surface area (Å²) >= 11 is 1.75. The van der Waals surface area contributed by atoms with E-state index in [0.717, 1.165) is 60.5 Å². The molecule has 49 heavy (non-hydrogen) atoms. The number of thiazole rings is 1. The topological polar surface area (TPSA) is 29.3 Å². The number of anilines is 3. The Kier molecular flexibility index (Phi) is 6.36. The Hall–Kier alpha value is -6.23. The summed E-state index contributed by atoms with van der Waals surface area (Å²) in [4.78, 5) is 7.55. The van der Waals surface area contributed by atoms with E-state index < -0.39 is 0 Å². The molecule has 3 nitrogen and oxygen atoms in total. The van der Waals surface area contributed by atoms with Crippen LogP contribution < -0.4 is 4.90 Å². The van der Waals surface area contributed by atoms with E-state index in [9.17, 15) is 0 Å². The summed E-state index contributed by atoms with van der Waals surface area (Å²) in [6, 6.07) is 60.2. The molecule has 0 aliphatic carbocycles. The van der Waals surface area contributed by atoms with Gasteiger partial charge in [-0.25, -0.2) is 4.98 Å². The van der Waals surface area contributed by atoms with Gasteiger partial charge in [0.15, 0.2) is 0 Å². The van der Waals surface area contributed by atoms with Crippen molar-refractivity contribution in [3.63, 3.8) is 0 Å². The third-order valence-corrected chi connectivity index (χ3v) is 10.6. The van der Waals surface area contributed by atoms with E-state index in [2.05, 4.69) is 169 Å². The van der Waals surface area contributed by atoms with Crippen LogP contribution in [0, 0.1) is 0 Å². The van der Waals surface area contributed by atoms with Gasteiger partial charge in [-0.05, 0) is 52.9 Å². The molecule has 0 amide bonds. The average Bonchev–Trinajstić information content (AvgIpc) is 3.78. The van der Waals surface area contributed by atoms with Crippen LogP contribution in [0.1, 0.15) is 0 Å². The van der Waals surface area contributed by atoms with E-state index >= 15 is 0 Å². The maximum Gasteiger partial charge on any atom is 0.143 e. The second-order valence-electron chi connectivity index (χ2n) is 12.4. The number of nitrogens with zero attached hydrogens (tertiary/aromatic N) is 2. The van der Waals surface area contributed by atoms with Crippen molar-refractivity contribution >= 4 is 82.1 Å². The zero-order valence-electron chi connectivity index (χ0n) is 26.4. The van der Waals surface area contributed by atoms with Crippen molar-refractivity contribution in [2.24, 2.45) is 0 Å². The third-order valence-electron chi connectivity index (χ3n) is 9.47. The standard InChI is InChI=1S/C45H28N2OS/c1-3-11-29(12-4-1)30-19-22-33(23-20-30)47(34-24-26-37-38-25-21-31-13-7-8-16-35(31)43(38)48-42(37)27-34)41-28-40-44(39-18-10-9-17-36(39)41)49-45(46-40)32-14-5-2-6-15-32/h1-28H. The van der Waals surface area contributed by atoms with Crippen molar-refractivity contribution in [2.75, 3.05) is 4.90 Å². The van der Waals surface area contributed by atoms with E-state index in [1.807, 2.05) is 6.07 Å². The molecule has 0 spiro atoms. The van der Waals surface area contributed by atoms with Gasteiger partial charge in [0.05, 0.1) is 15.9 Å². The SMILES string of the molecule is c1ccc(-c2ccc(N(c3ccc4c(c3)oc3c5ccccc5ccc43)c3cc4nc(-c5ccccc5)sc4c4ccccc34)cc2)cc1. The Morgan fingerprint density at radius 2 is 1.10 bits per heavy atom. The Morgan fingerprint density at radius 1 is 0.469 bits per heavy atom. The highest BCUT2D eigenvalue weighted by Gasteiger charge is 2.21. The van der Waals surface area contributed by atoms with Gasteiger partial charge in [-0.2, -0.15) is 0 Å². The van der Waals surface area contributed by atoms with Crippen molar-refractivity contribution in [1.29, 1.82) is 0 Å². The molecule has 8 aromatic carbocycles. The van der Waals surface area contributed by atoms with E-state index in [1.54, 1.807) is 11.3 Å². The molecule has 10 rings (SSSR count). The molecule has 230 valence electrons. The number of fused-ring (bicyclic) bond motifs is 8. The highest BCUT2D eigenvalue weighted by atomic mass is 32.1. The lowest BCUT2D eigenvalue weighted by Gasteiger charge is -2.27. The van der Waals surface area contributed by atoms with Gasteiger partial charge in [-0.15, -0.1) is 11.3 Å². The lowest BCUT2D eigenvalue weighted by atomic mass is 10.0. The number of aromatic nitrogens is 1. The normalized spacial score (nSPS) is 11.7. The predicted octanol–water partition coefficient (Wildman–Crippen LogP) is 13.3. The van der Waals surface area contributed by atoms with Crippen molar-refractivity contribution in [3.8, 4) is 21.7 Å². The van der Waals surface area contributed by atoms with Crippen molar-refractivity contribution < 1.29 is 4.42 Å². The number of hydrogen-bond donors (Lipinski definition) is 0. The minimum absolute atomic E-state index is 0.861. The lowest BCUT2D eigenvalue weighted by molar-refractivity contribution is 0.673. The van der Waals surface area contributed by atoms with Gasteiger partial charge in [0, 0.05) is 49.9 Å². The van der Waals surface area contributed by atoms with Crippen LogP contribution in [0.15, 0.2) is 174 Å². The summed E-state index contributed by atoms with van der Waals surface area (Å²) in [5.74, 6) is 0. The summed E-state index contributed by atoms with van der Waals surface area (Å²) in [6.07, 6.45) is 0. The second kappa shape index (κ2) is 11.2. The maximum absolute atomic E-state index is 6.68. The van der Waals surface area contributed by atoms with Crippen LogP contribution >= 0.6 is 11.3 Å². The first-order valence-corrected chi connectivity index (χ1v) is 17.3. The molecule has 0 radical (unpaired) electrons. The molecule has 0 fully saturated rings. The molecule has 2 heterocycles. The molecule has 0 bridgehead atoms. The molecule has 0 aliphatic rings. The molecule has 0 saturated carbocycles. The first-order valence-electron chi connectivity index (χ1n) is 16.5. The molecule has 0 N–H and O–H groups in total. The van der Waals surface area contributed by atoms with Crippen LogP contribution in [-0.4, -0.2) is 4.98 Å². The highest BCUT2D eigenvalue weighted by molar-refractivity contribution is 7.22. The highest BCUT2D eigenvalue weighted by Crippen LogP contribution is 2.46. The molecule has 0 atom stereocenters. The molecule has 0 unspecified atom stereocenters. The van der Waals surface area contributed by atoms with Crippen molar-refractivity contribution in [2.45, 2.75) is 0 Å². The minimum atomic E-state index is 0.861. The summed E-state index contributed by atoms with van der Waals surface area (Å²) in [5.41, 5.74) is 9.42. The zero-order valence-corrected chi connectivity index (χ0v) is 27.2. The maximum atomic E-state index is 6.68. The van der Waals surface area contributed by atoms with E-state index in [1.165, 1.54) is 32.0 Å². The molecule has 2 aromatic heterocycles. The first kappa shape index (κ1) is 27.8.